The molecule has 0 radical (unpaired) electrons. The first-order chi connectivity index (χ1) is 15.8. The third-order valence-corrected chi connectivity index (χ3v) is 6.03. The predicted molar refractivity (Wildman–Crippen MR) is 130 cm³/mol. The van der Waals surface area contributed by atoms with Crippen LogP contribution in [0, 0.1) is 0 Å². The van der Waals surface area contributed by atoms with Crippen molar-refractivity contribution in [2.24, 2.45) is 0 Å². The molecule has 0 saturated carbocycles. The van der Waals surface area contributed by atoms with Gasteiger partial charge in [0.15, 0.2) is 13.2 Å². The Morgan fingerprint density at radius 3 is 1.91 bits per heavy atom. The molecular formula is C22H23Cl4N3O4. The highest BCUT2D eigenvalue weighted by atomic mass is 35.5. The number of piperazine rings is 1. The van der Waals surface area contributed by atoms with Crippen LogP contribution < -0.4 is 14.8 Å². The summed E-state index contributed by atoms with van der Waals surface area (Å²) in [6, 6.07) is 9.68. The first kappa shape index (κ1) is 25.7. The topological polar surface area (TPSA) is 71.1 Å². The molecule has 0 aliphatic carbocycles. The van der Waals surface area contributed by atoms with Crippen molar-refractivity contribution in [2.75, 3.05) is 52.5 Å². The second-order valence-corrected chi connectivity index (χ2v) is 8.99. The van der Waals surface area contributed by atoms with Crippen LogP contribution in [0.1, 0.15) is 0 Å². The molecule has 2 aromatic rings. The van der Waals surface area contributed by atoms with E-state index in [0.29, 0.717) is 70.9 Å². The molecule has 178 valence electrons. The van der Waals surface area contributed by atoms with Crippen LogP contribution in [0.25, 0.3) is 0 Å². The molecule has 1 heterocycles. The number of rotatable bonds is 9. The van der Waals surface area contributed by atoms with E-state index in [0.717, 1.165) is 0 Å². The van der Waals surface area contributed by atoms with Gasteiger partial charge in [-0.25, -0.2) is 0 Å². The van der Waals surface area contributed by atoms with Crippen LogP contribution in [0.15, 0.2) is 36.4 Å². The van der Waals surface area contributed by atoms with Crippen molar-refractivity contribution in [3.63, 3.8) is 0 Å². The largest absolute Gasteiger partial charge is 0.482 e. The Hall–Kier alpha value is -1.90. The zero-order chi connectivity index (χ0) is 23.8. The second-order valence-electron chi connectivity index (χ2n) is 7.30. The lowest BCUT2D eigenvalue weighted by Crippen LogP contribution is -2.51. The molecule has 1 aliphatic rings. The Kier molecular flexibility index (Phi) is 9.77. The molecule has 2 aromatic carbocycles. The zero-order valence-corrected chi connectivity index (χ0v) is 20.7. The maximum absolute atomic E-state index is 12.4. The van der Waals surface area contributed by atoms with Crippen LogP contribution >= 0.6 is 46.4 Å². The molecule has 3 rings (SSSR count). The van der Waals surface area contributed by atoms with Gasteiger partial charge in [0.1, 0.15) is 11.5 Å². The Balaban J connectivity index is 1.30. The first-order valence-corrected chi connectivity index (χ1v) is 11.8. The second kappa shape index (κ2) is 12.5. The van der Waals surface area contributed by atoms with Crippen molar-refractivity contribution in [1.82, 2.24) is 15.1 Å². The lowest BCUT2D eigenvalue weighted by molar-refractivity contribution is -0.135. The molecular weight excluding hydrogens is 512 g/mol. The van der Waals surface area contributed by atoms with Crippen molar-refractivity contribution in [3.8, 4) is 11.5 Å². The minimum atomic E-state index is -0.243. The SMILES string of the molecule is O=C(COc1ccc(Cl)cc1Cl)NCCN1CCN(C(=O)COc2ccc(Cl)cc2Cl)CC1. The van der Waals surface area contributed by atoms with Gasteiger partial charge in [0, 0.05) is 49.3 Å². The van der Waals surface area contributed by atoms with Crippen molar-refractivity contribution in [3.05, 3.63) is 56.5 Å². The first-order valence-electron chi connectivity index (χ1n) is 10.2. The summed E-state index contributed by atoms with van der Waals surface area (Å²) in [5.74, 6) is 0.477. The van der Waals surface area contributed by atoms with Crippen molar-refractivity contribution < 1.29 is 19.1 Å². The van der Waals surface area contributed by atoms with Gasteiger partial charge < -0.3 is 19.7 Å². The third kappa shape index (κ3) is 8.12. The normalized spacial score (nSPS) is 14.1. The van der Waals surface area contributed by atoms with Gasteiger partial charge in [-0.15, -0.1) is 0 Å². The summed E-state index contributed by atoms with van der Waals surface area (Å²) in [7, 11) is 0. The number of nitrogens with one attached hydrogen (secondary N) is 1. The molecule has 0 unspecified atom stereocenters. The molecule has 2 amide bonds. The van der Waals surface area contributed by atoms with Gasteiger partial charge in [-0.1, -0.05) is 46.4 Å². The minimum absolute atomic E-state index is 0.0882. The van der Waals surface area contributed by atoms with E-state index < -0.39 is 0 Å². The molecule has 7 nitrogen and oxygen atoms in total. The molecule has 1 aliphatic heterocycles. The lowest BCUT2D eigenvalue weighted by Gasteiger charge is -2.34. The monoisotopic (exact) mass is 533 g/mol. The standard InChI is InChI=1S/C22H23Cl4N3O4/c23-15-1-3-19(17(25)11-15)32-13-21(30)27-5-6-28-7-9-29(10-8-28)22(31)14-33-20-4-2-16(24)12-18(20)26/h1-4,11-12H,5-10,13-14H2,(H,27,30). The van der Waals surface area contributed by atoms with Crippen LogP contribution in [-0.4, -0.2) is 74.1 Å². The minimum Gasteiger partial charge on any atom is -0.482 e. The van der Waals surface area contributed by atoms with Crippen molar-refractivity contribution in [2.45, 2.75) is 0 Å². The summed E-state index contributed by atoms with van der Waals surface area (Å²) in [4.78, 5) is 28.3. The van der Waals surface area contributed by atoms with Crippen molar-refractivity contribution >= 4 is 58.2 Å². The maximum Gasteiger partial charge on any atom is 0.260 e. The van der Waals surface area contributed by atoms with E-state index >= 15 is 0 Å². The van der Waals surface area contributed by atoms with Crippen LogP contribution in [0.3, 0.4) is 0 Å². The van der Waals surface area contributed by atoms with Crippen LogP contribution in [0.5, 0.6) is 11.5 Å². The number of nitrogens with zero attached hydrogens (tertiary/aromatic N) is 2. The smallest absolute Gasteiger partial charge is 0.260 e. The van der Waals surface area contributed by atoms with Gasteiger partial charge in [-0.3, -0.25) is 14.5 Å². The molecule has 0 spiro atoms. The van der Waals surface area contributed by atoms with Crippen LogP contribution in [-0.2, 0) is 9.59 Å². The fourth-order valence-corrected chi connectivity index (χ4v) is 4.11. The zero-order valence-electron chi connectivity index (χ0n) is 17.7. The number of amides is 2. The molecule has 1 fully saturated rings. The average Bonchev–Trinajstić information content (AvgIpc) is 2.78. The van der Waals surface area contributed by atoms with E-state index in [1.807, 2.05) is 0 Å². The van der Waals surface area contributed by atoms with E-state index in [-0.39, 0.29) is 25.0 Å². The third-order valence-electron chi connectivity index (χ3n) is 4.97. The number of hydrogen-bond donors (Lipinski definition) is 1. The Morgan fingerprint density at radius 1 is 0.818 bits per heavy atom. The number of carbonyl (C=O) groups excluding carboxylic acids is 2. The highest BCUT2D eigenvalue weighted by Gasteiger charge is 2.21. The van der Waals surface area contributed by atoms with E-state index in [1.54, 1.807) is 41.3 Å². The number of halogens is 4. The summed E-state index contributed by atoms with van der Waals surface area (Å²) in [5, 5.41) is 4.53. The average molecular weight is 535 g/mol. The summed E-state index contributed by atoms with van der Waals surface area (Å²) in [6.45, 7) is 3.51. The van der Waals surface area contributed by atoms with E-state index in [4.69, 9.17) is 55.9 Å². The summed E-state index contributed by atoms with van der Waals surface area (Å²) in [6.07, 6.45) is 0. The van der Waals surface area contributed by atoms with E-state index in [9.17, 15) is 9.59 Å². The molecule has 33 heavy (non-hydrogen) atoms. The van der Waals surface area contributed by atoms with Crippen molar-refractivity contribution in [1.29, 1.82) is 0 Å². The van der Waals surface area contributed by atoms with E-state index in [2.05, 4.69) is 10.2 Å². The summed E-state index contributed by atoms with van der Waals surface area (Å²) >= 11 is 23.8. The van der Waals surface area contributed by atoms with Crippen LogP contribution in [0.4, 0.5) is 0 Å². The fraction of sp³-hybridized carbons (Fsp3) is 0.364. The molecule has 0 bridgehead atoms. The van der Waals surface area contributed by atoms with Gasteiger partial charge >= 0.3 is 0 Å². The highest BCUT2D eigenvalue weighted by Crippen LogP contribution is 2.28. The molecule has 11 heteroatoms. The van der Waals surface area contributed by atoms with Crippen LogP contribution in [0.2, 0.25) is 20.1 Å². The number of hydrogen-bond acceptors (Lipinski definition) is 5. The van der Waals surface area contributed by atoms with Gasteiger partial charge in [0.25, 0.3) is 11.8 Å². The van der Waals surface area contributed by atoms with Gasteiger partial charge in [-0.2, -0.15) is 0 Å². The van der Waals surface area contributed by atoms with Gasteiger partial charge in [-0.05, 0) is 36.4 Å². The number of ether oxygens (including phenoxy) is 2. The number of carbonyl (C=O) groups is 2. The van der Waals surface area contributed by atoms with Gasteiger partial charge in [0.2, 0.25) is 0 Å². The number of benzene rings is 2. The Labute approximate surface area is 212 Å². The Bertz CT molecular complexity index is 981. The summed E-state index contributed by atoms with van der Waals surface area (Å²) < 4.78 is 10.9. The highest BCUT2D eigenvalue weighted by molar-refractivity contribution is 6.36. The molecule has 0 atom stereocenters. The van der Waals surface area contributed by atoms with Gasteiger partial charge in [0.05, 0.1) is 10.0 Å². The lowest BCUT2D eigenvalue weighted by atomic mass is 10.3. The summed E-state index contributed by atoms with van der Waals surface area (Å²) in [5.41, 5.74) is 0. The molecule has 0 aromatic heterocycles. The molecule has 1 N–H and O–H groups in total. The molecule has 1 saturated heterocycles. The maximum atomic E-state index is 12.4. The fourth-order valence-electron chi connectivity index (χ4n) is 3.18. The Morgan fingerprint density at radius 2 is 1.36 bits per heavy atom. The quantitative estimate of drug-likeness (QED) is 0.526. The van der Waals surface area contributed by atoms with E-state index in [1.165, 1.54) is 0 Å². The predicted octanol–water partition coefficient (Wildman–Crippen LogP) is 4.02.